The van der Waals surface area contributed by atoms with Crippen molar-refractivity contribution in [3.05, 3.63) is 28.7 Å². The standard InChI is InChI=1S/C13H18BrN3O/c1-15-9-12-13(18)16(2)7-8-17(12)11-5-3-10(14)4-6-11/h3-6,12,15H,7-9H2,1-2H3. The average Bonchev–Trinajstić information content (AvgIpc) is 2.37. The first kappa shape index (κ1) is 13.4. The van der Waals surface area contributed by atoms with Crippen LogP contribution in [-0.2, 0) is 4.79 Å². The number of piperazine rings is 1. The predicted octanol–water partition coefficient (Wildman–Crippen LogP) is 1.32. The lowest BCUT2D eigenvalue weighted by Gasteiger charge is -2.40. The Hall–Kier alpha value is -1.07. The zero-order chi connectivity index (χ0) is 13.1. The number of anilines is 1. The van der Waals surface area contributed by atoms with Gasteiger partial charge in [-0.15, -0.1) is 0 Å². The molecule has 1 saturated heterocycles. The highest BCUT2D eigenvalue weighted by Crippen LogP contribution is 2.22. The summed E-state index contributed by atoms with van der Waals surface area (Å²) in [7, 11) is 3.74. The lowest BCUT2D eigenvalue weighted by Crippen LogP contribution is -2.59. The monoisotopic (exact) mass is 311 g/mol. The zero-order valence-corrected chi connectivity index (χ0v) is 12.3. The van der Waals surface area contributed by atoms with Crippen LogP contribution in [0.1, 0.15) is 0 Å². The van der Waals surface area contributed by atoms with Crippen LogP contribution in [0.3, 0.4) is 0 Å². The third kappa shape index (κ3) is 2.67. The van der Waals surface area contributed by atoms with Crippen LogP contribution in [0.15, 0.2) is 28.7 Å². The molecular weight excluding hydrogens is 294 g/mol. The lowest BCUT2D eigenvalue weighted by atomic mass is 10.1. The number of halogens is 1. The molecular formula is C13H18BrN3O. The highest BCUT2D eigenvalue weighted by molar-refractivity contribution is 9.10. The fourth-order valence-electron chi connectivity index (χ4n) is 2.24. The molecule has 98 valence electrons. The van der Waals surface area contributed by atoms with Crippen LogP contribution in [0.25, 0.3) is 0 Å². The second kappa shape index (κ2) is 5.71. The maximum absolute atomic E-state index is 12.2. The maximum atomic E-state index is 12.2. The number of hydrogen-bond donors (Lipinski definition) is 1. The maximum Gasteiger partial charge on any atom is 0.246 e. The predicted molar refractivity (Wildman–Crippen MR) is 76.8 cm³/mol. The van der Waals surface area contributed by atoms with Gasteiger partial charge in [-0.25, -0.2) is 0 Å². The Morgan fingerprint density at radius 2 is 2.00 bits per heavy atom. The minimum Gasteiger partial charge on any atom is -0.357 e. The highest BCUT2D eigenvalue weighted by atomic mass is 79.9. The van der Waals surface area contributed by atoms with E-state index in [4.69, 9.17) is 0 Å². The van der Waals surface area contributed by atoms with E-state index in [1.807, 2.05) is 38.4 Å². The van der Waals surface area contributed by atoms with Gasteiger partial charge in [0, 0.05) is 36.8 Å². The summed E-state index contributed by atoms with van der Waals surface area (Å²) in [6.45, 7) is 2.31. The summed E-state index contributed by atoms with van der Waals surface area (Å²) in [5.74, 6) is 0.179. The molecule has 0 aromatic heterocycles. The van der Waals surface area contributed by atoms with Crippen molar-refractivity contribution in [1.82, 2.24) is 10.2 Å². The molecule has 1 N–H and O–H groups in total. The fraction of sp³-hybridized carbons (Fsp3) is 0.462. The Balaban J connectivity index is 2.24. The van der Waals surface area contributed by atoms with Crippen LogP contribution in [0, 0.1) is 0 Å². The molecule has 1 atom stereocenters. The number of benzene rings is 1. The van der Waals surface area contributed by atoms with E-state index in [1.54, 1.807) is 4.90 Å². The Kier molecular flexibility index (Phi) is 4.24. The molecule has 1 fully saturated rings. The molecule has 1 amide bonds. The van der Waals surface area contributed by atoms with Gasteiger partial charge >= 0.3 is 0 Å². The van der Waals surface area contributed by atoms with E-state index in [9.17, 15) is 4.79 Å². The number of carbonyl (C=O) groups excluding carboxylic acids is 1. The van der Waals surface area contributed by atoms with Gasteiger partial charge in [-0.2, -0.15) is 0 Å². The summed E-state index contributed by atoms with van der Waals surface area (Å²) in [5.41, 5.74) is 1.10. The first-order valence-corrected chi connectivity index (χ1v) is 6.84. The minimum atomic E-state index is -0.116. The molecule has 5 heteroatoms. The summed E-state index contributed by atoms with van der Waals surface area (Å²) < 4.78 is 1.05. The molecule has 1 aliphatic heterocycles. The van der Waals surface area contributed by atoms with Crippen LogP contribution in [0.5, 0.6) is 0 Å². The summed E-state index contributed by atoms with van der Waals surface area (Å²) >= 11 is 3.43. The van der Waals surface area contributed by atoms with Gasteiger partial charge < -0.3 is 15.1 Å². The van der Waals surface area contributed by atoms with E-state index in [2.05, 4.69) is 26.1 Å². The van der Waals surface area contributed by atoms with Gasteiger partial charge in [0.2, 0.25) is 5.91 Å². The number of nitrogens with one attached hydrogen (secondary N) is 1. The number of nitrogens with zero attached hydrogens (tertiary/aromatic N) is 2. The average molecular weight is 312 g/mol. The molecule has 1 unspecified atom stereocenters. The van der Waals surface area contributed by atoms with Crippen molar-refractivity contribution in [1.29, 1.82) is 0 Å². The number of rotatable bonds is 3. The Morgan fingerprint density at radius 3 is 2.61 bits per heavy atom. The molecule has 0 aliphatic carbocycles. The van der Waals surface area contributed by atoms with Crippen molar-refractivity contribution in [2.24, 2.45) is 0 Å². The minimum absolute atomic E-state index is 0.116. The van der Waals surface area contributed by atoms with Crippen molar-refractivity contribution in [2.75, 3.05) is 38.6 Å². The van der Waals surface area contributed by atoms with E-state index < -0.39 is 0 Å². The quantitative estimate of drug-likeness (QED) is 0.914. The lowest BCUT2D eigenvalue weighted by molar-refractivity contribution is -0.132. The third-order valence-electron chi connectivity index (χ3n) is 3.27. The molecule has 1 aliphatic rings. The normalized spacial score (nSPS) is 20.4. The van der Waals surface area contributed by atoms with Gasteiger partial charge in [0.1, 0.15) is 6.04 Å². The van der Waals surface area contributed by atoms with Gasteiger partial charge in [-0.1, -0.05) is 15.9 Å². The molecule has 0 radical (unpaired) electrons. The summed E-state index contributed by atoms with van der Waals surface area (Å²) in [4.78, 5) is 16.2. The summed E-state index contributed by atoms with van der Waals surface area (Å²) in [5, 5.41) is 3.10. The molecule has 18 heavy (non-hydrogen) atoms. The Morgan fingerprint density at radius 1 is 1.33 bits per heavy atom. The van der Waals surface area contributed by atoms with Gasteiger partial charge in [0.15, 0.2) is 0 Å². The molecule has 2 rings (SSSR count). The van der Waals surface area contributed by atoms with Crippen molar-refractivity contribution >= 4 is 27.5 Å². The van der Waals surface area contributed by atoms with Crippen LogP contribution in [0.2, 0.25) is 0 Å². The smallest absolute Gasteiger partial charge is 0.246 e. The number of hydrogen-bond acceptors (Lipinski definition) is 3. The van der Waals surface area contributed by atoms with Gasteiger partial charge in [0.25, 0.3) is 0 Å². The first-order valence-electron chi connectivity index (χ1n) is 6.05. The van der Waals surface area contributed by atoms with Crippen LogP contribution >= 0.6 is 15.9 Å². The van der Waals surface area contributed by atoms with Crippen LogP contribution < -0.4 is 10.2 Å². The second-order valence-electron chi connectivity index (χ2n) is 4.50. The molecule has 4 nitrogen and oxygen atoms in total. The largest absolute Gasteiger partial charge is 0.357 e. The van der Waals surface area contributed by atoms with E-state index in [-0.39, 0.29) is 11.9 Å². The molecule has 0 bridgehead atoms. The summed E-state index contributed by atoms with van der Waals surface area (Å²) in [6.07, 6.45) is 0. The van der Waals surface area contributed by atoms with E-state index in [1.165, 1.54) is 0 Å². The molecule has 0 saturated carbocycles. The molecule has 1 heterocycles. The van der Waals surface area contributed by atoms with E-state index >= 15 is 0 Å². The molecule has 1 aromatic carbocycles. The topological polar surface area (TPSA) is 35.6 Å². The first-order chi connectivity index (χ1) is 8.63. The Labute approximate surface area is 116 Å². The molecule has 0 spiro atoms. The second-order valence-corrected chi connectivity index (χ2v) is 5.42. The number of likely N-dealkylation sites (N-methyl/N-ethyl adjacent to an activating group) is 2. The van der Waals surface area contributed by atoms with Crippen molar-refractivity contribution < 1.29 is 4.79 Å². The van der Waals surface area contributed by atoms with Gasteiger partial charge in [0.05, 0.1) is 0 Å². The number of amides is 1. The van der Waals surface area contributed by atoms with E-state index in [0.29, 0.717) is 6.54 Å². The van der Waals surface area contributed by atoms with Crippen molar-refractivity contribution in [3.8, 4) is 0 Å². The third-order valence-corrected chi connectivity index (χ3v) is 3.80. The van der Waals surface area contributed by atoms with Crippen molar-refractivity contribution in [2.45, 2.75) is 6.04 Å². The summed E-state index contributed by atoms with van der Waals surface area (Å²) in [6, 6.07) is 8.00. The van der Waals surface area contributed by atoms with Gasteiger partial charge in [-0.3, -0.25) is 4.79 Å². The zero-order valence-electron chi connectivity index (χ0n) is 10.7. The SMILES string of the molecule is CNCC1C(=O)N(C)CCN1c1ccc(Br)cc1. The van der Waals surface area contributed by atoms with Crippen LogP contribution in [-0.4, -0.2) is 50.6 Å². The number of carbonyl (C=O) groups is 1. The van der Waals surface area contributed by atoms with Crippen LogP contribution in [0.4, 0.5) is 5.69 Å². The Bertz CT molecular complexity index is 421. The molecule has 1 aromatic rings. The van der Waals surface area contributed by atoms with Gasteiger partial charge in [-0.05, 0) is 31.3 Å². The van der Waals surface area contributed by atoms with E-state index in [0.717, 1.165) is 23.2 Å². The fourth-order valence-corrected chi connectivity index (χ4v) is 2.51. The van der Waals surface area contributed by atoms with Crippen molar-refractivity contribution in [3.63, 3.8) is 0 Å². The highest BCUT2D eigenvalue weighted by Gasteiger charge is 2.32.